The molecule has 2 aliphatic rings. The summed E-state index contributed by atoms with van der Waals surface area (Å²) in [6, 6.07) is 12.5. The molecule has 2 aromatic carbocycles. The number of hydrogen-bond donors (Lipinski definition) is 0. The summed E-state index contributed by atoms with van der Waals surface area (Å²) >= 11 is 0. The molecule has 1 aliphatic heterocycles. The lowest BCUT2D eigenvalue weighted by Crippen LogP contribution is -2.46. The highest BCUT2D eigenvalue weighted by molar-refractivity contribution is 6.23. The van der Waals surface area contributed by atoms with Gasteiger partial charge in [-0.1, -0.05) is 17.7 Å². The molecule has 30 heavy (non-hydrogen) atoms. The maximum Gasteiger partial charge on any atom is 0.337 e. The number of hydrogen-bond acceptors (Lipinski definition) is 5. The number of ether oxygens (including phenoxy) is 1. The monoisotopic (exact) mass is 406 g/mol. The second-order valence-electron chi connectivity index (χ2n) is 7.64. The van der Waals surface area contributed by atoms with Crippen LogP contribution >= 0.6 is 0 Å². The van der Waals surface area contributed by atoms with E-state index >= 15 is 0 Å². The molecular weight excluding hydrogens is 384 g/mol. The number of carbonyl (C=O) groups is 4. The Balaban J connectivity index is 1.60. The first-order chi connectivity index (χ1) is 14.4. The van der Waals surface area contributed by atoms with Crippen molar-refractivity contribution in [3.05, 3.63) is 65.2 Å². The average Bonchev–Trinajstić information content (AvgIpc) is 3.53. The van der Waals surface area contributed by atoms with Crippen LogP contribution in [-0.2, 0) is 14.3 Å². The molecule has 1 saturated carbocycles. The average molecular weight is 406 g/mol. The van der Waals surface area contributed by atoms with Crippen LogP contribution in [0.4, 0.5) is 5.69 Å². The van der Waals surface area contributed by atoms with Gasteiger partial charge in [0.2, 0.25) is 5.91 Å². The molecule has 2 fully saturated rings. The Labute approximate surface area is 174 Å². The summed E-state index contributed by atoms with van der Waals surface area (Å²) in [5.74, 6) is -1.50. The highest BCUT2D eigenvalue weighted by Crippen LogP contribution is 2.35. The highest BCUT2D eigenvalue weighted by atomic mass is 16.5. The van der Waals surface area contributed by atoms with Crippen LogP contribution in [0.15, 0.2) is 48.5 Å². The van der Waals surface area contributed by atoms with Gasteiger partial charge in [0.05, 0.1) is 24.8 Å². The van der Waals surface area contributed by atoms with E-state index in [1.807, 2.05) is 19.1 Å². The van der Waals surface area contributed by atoms with E-state index in [9.17, 15) is 19.2 Å². The number of aryl methyl sites for hydroxylation is 1. The molecule has 3 amide bonds. The number of carbonyl (C=O) groups excluding carboxylic acids is 4. The molecule has 1 aliphatic carbocycles. The van der Waals surface area contributed by atoms with Crippen molar-refractivity contribution in [2.75, 3.05) is 12.0 Å². The zero-order chi connectivity index (χ0) is 21.4. The van der Waals surface area contributed by atoms with Crippen LogP contribution in [-0.4, -0.2) is 47.8 Å². The zero-order valence-electron chi connectivity index (χ0n) is 16.8. The Hall–Kier alpha value is -3.48. The van der Waals surface area contributed by atoms with Crippen molar-refractivity contribution >= 4 is 29.4 Å². The van der Waals surface area contributed by atoms with Gasteiger partial charge in [-0.05, 0) is 56.2 Å². The van der Waals surface area contributed by atoms with Gasteiger partial charge < -0.3 is 9.64 Å². The van der Waals surface area contributed by atoms with Gasteiger partial charge in [0.1, 0.15) is 6.04 Å². The van der Waals surface area contributed by atoms with Crippen molar-refractivity contribution in [3.63, 3.8) is 0 Å². The Morgan fingerprint density at radius 2 is 1.73 bits per heavy atom. The van der Waals surface area contributed by atoms with Crippen molar-refractivity contribution in [1.29, 1.82) is 0 Å². The maximum absolute atomic E-state index is 13.2. The Bertz CT molecular complexity index is 1030. The van der Waals surface area contributed by atoms with Crippen molar-refractivity contribution in [1.82, 2.24) is 4.90 Å². The molecule has 1 saturated heterocycles. The van der Waals surface area contributed by atoms with Crippen LogP contribution in [0.25, 0.3) is 0 Å². The Morgan fingerprint density at radius 3 is 2.33 bits per heavy atom. The second kappa shape index (κ2) is 7.74. The van der Waals surface area contributed by atoms with Gasteiger partial charge >= 0.3 is 5.97 Å². The lowest BCUT2D eigenvalue weighted by Gasteiger charge is -2.28. The molecule has 4 rings (SSSR count). The van der Waals surface area contributed by atoms with Crippen LogP contribution in [0.1, 0.15) is 45.5 Å². The Kier molecular flexibility index (Phi) is 5.11. The number of esters is 1. The molecular formula is C23H22N2O5. The lowest BCUT2D eigenvalue weighted by molar-refractivity contribution is -0.122. The predicted molar refractivity (Wildman–Crippen MR) is 109 cm³/mol. The summed E-state index contributed by atoms with van der Waals surface area (Å²) in [6.45, 7) is 1.90. The number of methoxy groups -OCH3 is 1. The standard InChI is InChI=1S/C23H22N2O5/c1-14-4-3-5-16(12-14)21(27)24(17-10-11-17)19-13-20(26)25(22(19)28)18-8-6-15(7-9-18)23(29)30-2/h3-9,12,17,19H,10-11,13H2,1-2H3. The largest absolute Gasteiger partial charge is 0.465 e. The van der Waals surface area contributed by atoms with Gasteiger partial charge in [-0.15, -0.1) is 0 Å². The zero-order valence-corrected chi connectivity index (χ0v) is 16.8. The first kappa shape index (κ1) is 19.8. The van der Waals surface area contributed by atoms with Gasteiger partial charge in [0, 0.05) is 11.6 Å². The van der Waals surface area contributed by atoms with Gasteiger partial charge in [0.15, 0.2) is 0 Å². The number of rotatable bonds is 5. The van der Waals surface area contributed by atoms with Crippen LogP contribution in [0.3, 0.4) is 0 Å². The predicted octanol–water partition coefficient (Wildman–Crippen LogP) is 2.72. The van der Waals surface area contributed by atoms with Crippen LogP contribution < -0.4 is 4.90 Å². The van der Waals surface area contributed by atoms with Crippen LogP contribution in [0.2, 0.25) is 0 Å². The third-order valence-corrected chi connectivity index (χ3v) is 5.44. The minimum absolute atomic E-state index is 0.0265. The highest BCUT2D eigenvalue weighted by Gasteiger charge is 2.48. The van der Waals surface area contributed by atoms with Crippen LogP contribution in [0, 0.1) is 6.92 Å². The molecule has 7 heteroatoms. The fraction of sp³-hybridized carbons (Fsp3) is 0.304. The molecule has 0 radical (unpaired) electrons. The smallest absolute Gasteiger partial charge is 0.337 e. The minimum atomic E-state index is -0.821. The fourth-order valence-electron chi connectivity index (χ4n) is 3.81. The number of imide groups is 1. The van der Waals surface area contributed by atoms with E-state index in [0.717, 1.165) is 23.3 Å². The van der Waals surface area contributed by atoms with Crippen molar-refractivity contribution in [2.45, 2.75) is 38.3 Å². The molecule has 1 heterocycles. The fourth-order valence-corrected chi connectivity index (χ4v) is 3.81. The minimum Gasteiger partial charge on any atom is -0.465 e. The van der Waals surface area contributed by atoms with Gasteiger partial charge in [-0.3, -0.25) is 14.4 Å². The third-order valence-electron chi connectivity index (χ3n) is 5.44. The topological polar surface area (TPSA) is 84.0 Å². The van der Waals surface area contributed by atoms with E-state index in [4.69, 9.17) is 0 Å². The second-order valence-corrected chi connectivity index (χ2v) is 7.64. The lowest BCUT2D eigenvalue weighted by atomic mass is 10.1. The molecule has 1 atom stereocenters. The summed E-state index contributed by atoms with van der Waals surface area (Å²) in [5.41, 5.74) is 2.17. The molecule has 0 spiro atoms. The number of benzene rings is 2. The number of anilines is 1. The van der Waals surface area contributed by atoms with Crippen molar-refractivity contribution in [3.8, 4) is 0 Å². The number of amides is 3. The maximum atomic E-state index is 13.2. The summed E-state index contributed by atoms with van der Waals surface area (Å²) in [6.07, 6.45) is 1.60. The summed E-state index contributed by atoms with van der Waals surface area (Å²) in [4.78, 5) is 53.4. The molecule has 0 aromatic heterocycles. The van der Waals surface area contributed by atoms with Crippen molar-refractivity contribution < 1.29 is 23.9 Å². The molecule has 0 bridgehead atoms. The first-order valence-corrected chi connectivity index (χ1v) is 9.85. The van der Waals surface area contributed by atoms with Crippen LogP contribution in [0.5, 0.6) is 0 Å². The van der Waals surface area contributed by atoms with Gasteiger partial charge in [-0.25, -0.2) is 9.69 Å². The molecule has 2 aromatic rings. The summed E-state index contributed by atoms with van der Waals surface area (Å²) < 4.78 is 4.67. The summed E-state index contributed by atoms with van der Waals surface area (Å²) in [7, 11) is 1.28. The molecule has 154 valence electrons. The summed E-state index contributed by atoms with van der Waals surface area (Å²) in [5, 5.41) is 0. The van der Waals surface area contributed by atoms with Gasteiger partial charge in [0.25, 0.3) is 11.8 Å². The number of nitrogens with zero attached hydrogens (tertiary/aromatic N) is 2. The van der Waals surface area contributed by atoms with Crippen molar-refractivity contribution in [2.24, 2.45) is 0 Å². The Morgan fingerprint density at radius 1 is 1.03 bits per heavy atom. The van der Waals surface area contributed by atoms with E-state index in [1.54, 1.807) is 17.0 Å². The van der Waals surface area contributed by atoms with E-state index in [1.165, 1.54) is 31.4 Å². The molecule has 1 unspecified atom stereocenters. The van der Waals surface area contributed by atoms with E-state index in [0.29, 0.717) is 16.8 Å². The quantitative estimate of drug-likeness (QED) is 0.563. The third kappa shape index (κ3) is 3.58. The first-order valence-electron chi connectivity index (χ1n) is 9.85. The molecule has 0 N–H and O–H groups in total. The SMILES string of the molecule is COC(=O)c1ccc(N2C(=O)CC(N(C(=O)c3cccc(C)c3)C3CC3)C2=O)cc1. The normalized spacial score (nSPS) is 18.5. The molecule has 7 nitrogen and oxygen atoms in total. The van der Waals surface area contributed by atoms with E-state index in [2.05, 4.69) is 4.74 Å². The van der Waals surface area contributed by atoms with Gasteiger partial charge in [-0.2, -0.15) is 0 Å². The van der Waals surface area contributed by atoms with E-state index < -0.39 is 17.9 Å². The van der Waals surface area contributed by atoms with E-state index in [-0.39, 0.29) is 24.3 Å².